The molecule has 0 unspecified atom stereocenters. The minimum Gasteiger partial charge on any atom is -0.497 e. The summed E-state index contributed by atoms with van der Waals surface area (Å²) in [6.45, 7) is 6.45. The van der Waals surface area contributed by atoms with E-state index in [1.165, 1.54) is 0 Å². The van der Waals surface area contributed by atoms with Gasteiger partial charge < -0.3 is 19.5 Å². The van der Waals surface area contributed by atoms with Crippen molar-refractivity contribution in [2.45, 2.75) is 32.6 Å². The molecule has 6 nitrogen and oxygen atoms in total. The van der Waals surface area contributed by atoms with Crippen LogP contribution in [0.25, 0.3) is 0 Å². The first-order chi connectivity index (χ1) is 15.1. The molecule has 164 valence electrons. The first-order valence-corrected chi connectivity index (χ1v) is 11.3. The number of para-hydroxylation sites is 1. The van der Waals surface area contributed by atoms with Gasteiger partial charge in [-0.3, -0.25) is 0 Å². The quantitative estimate of drug-likeness (QED) is 0.591. The second-order valence-corrected chi connectivity index (χ2v) is 7.79. The van der Waals surface area contributed by atoms with E-state index in [0.29, 0.717) is 18.8 Å². The van der Waals surface area contributed by atoms with E-state index in [9.17, 15) is 4.79 Å². The van der Waals surface area contributed by atoms with Crippen molar-refractivity contribution in [2.75, 3.05) is 20.3 Å². The SMILES string of the molecule is CCOC(=O)C1=C(C)NC(SCc2ccc(OC)cc2)=N[C@@H]1c1ccccc1OCC. The van der Waals surface area contributed by atoms with E-state index in [-0.39, 0.29) is 5.97 Å². The zero-order valence-corrected chi connectivity index (χ0v) is 19.1. The van der Waals surface area contributed by atoms with Crippen molar-refractivity contribution in [1.82, 2.24) is 5.32 Å². The van der Waals surface area contributed by atoms with Crippen LogP contribution >= 0.6 is 11.8 Å². The van der Waals surface area contributed by atoms with E-state index in [0.717, 1.165) is 39.2 Å². The lowest BCUT2D eigenvalue weighted by atomic mass is 9.96. The number of carbonyl (C=O) groups excluding carboxylic acids is 1. The van der Waals surface area contributed by atoms with Gasteiger partial charge >= 0.3 is 5.97 Å². The van der Waals surface area contributed by atoms with Gasteiger partial charge in [0.25, 0.3) is 0 Å². The minimum atomic E-state index is -0.499. The van der Waals surface area contributed by atoms with Crippen molar-refractivity contribution in [3.8, 4) is 11.5 Å². The number of methoxy groups -OCH3 is 1. The summed E-state index contributed by atoms with van der Waals surface area (Å²) in [5.74, 6) is 1.91. The fraction of sp³-hybridized carbons (Fsp3) is 0.333. The van der Waals surface area contributed by atoms with Crippen LogP contribution in [0.1, 0.15) is 37.9 Å². The van der Waals surface area contributed by atoms with Crippen LogP contribution in [-0.4, -0.2) is 31.5 Å². The van der Waals surface area contributed by atoms with Crippen LogP contribution in [0.2, 0.25) is 0 Å². The number of amidine groups is 1. The highest BCUT2D eigenvalue weighted by Crippen LogP contribution is 2.38. The molecule has 1 N–H and O–H groups in total. The Morgan fingerprint density at radius 3 is 2.52 bits per heavy atom. The number of aliphatic imine (C=N–C) groups is 1. The first-order valence-electron chi connectivity index (χ1n) is 10.3. The predicted octanol–water partition coefficient (Wildman–Crippen LogP) is 4.86. The molecule has 0 amide bonds. The van der Waals surface area contributed by atoms with Crippen LogP contribution < -0.4 is 14.8 Å². The Hall–Kier alpha value is -2.93. The molecule has 0 radical (unpaired) electrons. The number of rotatable bonds is 8. The van der Waals surface area contributed by atoms with Crippen molar-refractivity contribution >= 4 is 22.9 Å². The smallest absolute Gasteiger partial charge is 0.338 e. The van der Waals surface area contributed by atoms with Gasteiger partial charge in [-0.15, -0.1) is 0 Å². The summed E-state index contributed by atoms with van der Waals surface area (Å²) in [6.07, 6.45) is 0. The van der Waals surface area contributed by atoms with E-state index in [1.807, 2.05) is 62.4 Å². The van der Waals surface area contributed by atoms with Crippen LogP contribution in [0.5, 0.6) is 11.5 Å². The van der Waals surface area contributed by atoms with Crippen LogP contribution in [0.3, 0.4) is 0 Å². The molecule has 1 atom stereocenters. The minimum absolute atomic E-state index is 0.304. The monoisotopic (exact) mass is 440 g/mol. The Balaban J connectivity index is 1.90. The summed E-state index contributed by atoms with van der Waals surface area (Å²) >= 11 is 1.58. The molecule has 7 heteroatoms. The highest BCUT2D eigenvalue weighted by atomic mass is 32.2. The molecule has 0 saturated carbocycles. The highest BCUT2D eigenvalue weighted by molar-refractivity contribution is 8.13. The normalized spacial score (nSPS) is 15.7. The van der Waals surface area contributed by atoms with Crippen molar-refractivity contribution in [1.29, 1.82) is 0 Å². The summed E-state index contributed by atoms with van der Waals surface area (Å²) in [6, 6.07) is 15.1. The summed E-state index contributed by atoms with van der Waals surface area (Å²) in [7, 11) is 1.65. The van der Waals surface area contributed by atoms with E-state index in [2.05, 4.69) is 5.32 Å². The molecule has 0 saturated heterocycles. The fourth-order valence-electron chi connectivity index (χ4n) is 3.29. The summed E-state index contributed by atoms with van der Waals surface area (Å²) in [4.78, 5) is 17.6. The molecule has 0 aliphatic carbocycles. The standard InChI is InChI=1S/C24H28N2O4S/c1-5-29-20-10-8-7-9-19(20)22-21(23(27)30-6-2)16(3)25-24(26-22)31-15-17-11-13-18(28-4)14-12-17/h7-14,22H,5-6,15H2,1-4H3,(H,25,26)/t22-/m1/s1. The van der Waals surface area contributed by atoms with Crippen LogP contribution in [0.4, 0.5) is 0 Å². The number of nitrogens with zero attached hydrogens (tertiary/aromatic N) is 1. The number of hydrogen-bond donors (Lipinski definition) is 1. The molecule has 0 fully saturated rings. The molecule has 2 aromatic carbocycles. The number of benzene rings is 2. The lowest BCUT2D eigenvalue weighted by Crippen LogP contribution is -2.30. The molecule has 1 aliphatic heterocycles. The van der Waals surface area contributed by atoms with Crippen molar-refractivity contribution in [3.05, 3.63) is 70.9 Å². The largest absolute Gasteiger partial charge is 0.497 e. The van der Waals surface area contributed by atoms with Crippen LogP contribution in [-0.2, 0) is 15.3 Å². The predicted molar refractivity (Wildman–Crippen MR) is 125 cm³/mol. The van der Waals surface area contributed by atoms with Gasteiger partial charge in [-0.1, -0.05) is 42.1 Å². The van der Waals surface area contributed by atoms with E-state index in [4.69, 9.17) is 19.2 Å². The topological polar surface area (TPSA) is 69.2 Å². The second-order valence-electron chi connectivity index (χ2n) is 6.83. The Morgan fingerprint density at radius 1 is 1.10 bits per heavy atom. The maximum Gasteiger partial charge on any atom is 0.338 e. The van der Waals surface area contributed by atoms with Crippen LogP contribution in [0, 0.1) is 0 Å². The van der Waals surface area contributed by atoms with Gasteiger partial charge in [-0.25, -0.2) is 9.79 Å². The third-order valence-corrected chi connectivity index (χ3v) is 5.72. The number of nitrogens with one attached hydrogen (secondary N) is 1. The molecule has 0 spiro atoms. The van der Waals surface area contributed by atoms with Gasteiger partial charge in [0, 0.05) is 17.0 Å². The summed E-state index contributed by atoms with van der Waals surface area (Å²) < 4.78 is 16.4. The lowest BCUT2D eigenvalue weighted by Gasteiger charge is -2.27. The van der Waals surface area contributed by atoms with Crippen molar-refractivity contribution < 1.29 is 19.0 Å². The Kier molecular flexibility index (Phi) is 8.00. The zero-order chi connectivity index (χ0) is 22.2. The number of allylic oxidation sites excluding steroid dienone is 1. The molecule has 1 heterocycles. The number of thioether (sulfide) groups is 1. The fourth-order valence-corrected chi connectivity index (χ4v) is 4.19. The van der Waals surface area contributed by atoms with Gasteiger partial charge in [0.05, 0.1) is 25.9 Å². The molecule has 1 aliphatic rings. The molecule has 3 rings (SSSR count). The van der Waals surface area contributed by atoms with E-state index >= 15 is 0 Å². The molecule has 0 bridgehead atoms. The van der Waals surface area contributed by atoms with Crippen molar-refractivity contribution in [2.24, 2.45) is 4.99 Å². The average Bonchev–Trinajstić information content (AvgIpc) is 2.78. The second kappa shape index (κ2) is 10.9. The molecule has 0 aromatic heterocycles. The van der Waals surface area contributed by atoms with Crippen molar-refractivity contribution in [3.63, 3.8) is 0 Å². The van der Waals surface area contributed by atoms with Gasteiger partial charge in [-0.2, -0.15) is 0 Å². The van der Waals surface area contributed by atoms with E-state index < -0.39 is 6.04 Å². The number of esters is 1. The zero-order valence-electron chi connectivity index (χ0n) is 18.3. The number of ether oxygens (including phenoxy) is 3. The maximum absolute atomic E-state index is 12.8. The molecule has 2 aromatic rings. The van der Waals surface area contributed by atoms with E-state index in [1.54, 1.807) is 25.8 Å². The van der Waals surface area contributed by atoms with Gasteiger partial charge in [0.1, 0.15) is 17.5 Å². The summed E-state index contributed by atoms with van der Waals surface area (Å²) in [5.41, 5.74) is 3.24. The number of hydrogen-bond acceptors (Lipinski definition) is 7. The third kappa shape index (κ3) is 5.61. The Bertz CT molecular complexity index is 970. The summed E-state index contributed by atoms with van der Waals surface area (Å²) in [5, 5.41) is 4.02. The van der Waals surface area contributed by atoms with Gasteiger partial charge in [-0.05, 0) is 44.5 Å². The maximum atomic E-state index is 12.8. The average molecular weight is 441 g/mol. The lowest BCUT2D eigenvalue weighted by molar-refractivity contribution is -0.138. The molecule has 31 heavy (non-hydrogen) atoms. The number of carbonyl (C=O) groups is 1. The Labute approximate surface area is 187 Å². The highest BCUT2D eigenvalue weighted by Gasteiger charge is 2.32. The van der Waals surface area contributed by atoms with Gasteiger partial charge in [0.2, 0.25) is 0 Å². The molecular formula is C24H28N2O4S. The van der Waals surface area contributed by atoms with Gasteiger partial charge in [0.15, 0.2) is 5.17 Å². The Morgan fingerprint density at radius 2 is 1.84 bits per heavy atom. The first kappa shape index (κ1) is 22.7. The van der Waals surface area contributed by atoms with Crippen LogP contribution in [0.15, 0.2) is 64.8 Å². The third-order valence-electron chi connectivity index (χ3n) is 4.76. The molecular weight excluding hydrogens is 412 g/mol.